The first-order valence-electron chi connectivity index (χ1n) is 12.0. The molecule has 0 rings (SSSR count). The van der Waals surface area contributed by atoms with Crippen molar-refractivity contribution in [3.8, 4) is 0 Å². The van der Waals surface area contributed by atoms with E-state index in [1.54, 1.807) is 0 Å². The van der Waals surface area contributed by atoms with Crippen molar-refractivity contribution in [1.29, 1.82) is 0 Å². The molecule has 0 saturated heterocycles. The molecule has 1 heteroatoms. The Bertz CT molecular complexity index is 226. The van der Waals surface area contributed by atoms with Gasteiger partial charge in [0.1, 0.15) is 0 Å². The molecule has 0 saturated carbocycles. The predicted molar refractivity (Wildman–Crippen MR) is 114 cm³/mol. The van der Waals surface area contributed by atoms with Crippen molar-refractivity contribution in [3.05, 3.63) is 0 Å². The third kappa shape index (κ3) is 21.9. The second-order valence-electron chi connectivity index (χ2n) is 8.24. The Morgan fingerprint density at radius 2 is 0.640 bits per heavy atom. The number of unbranched alkanes of at least 4 members (excludes halogenated alkanes) is 17. The molecule has 0 aliphatic carbocycles. The minimum Gasteiger partial charge on any atom is -0.393 e. The topological polar surface area (TPSA) is 20.2 Å². The van der Waals surface area contributed by atoms with E-state index in [1.807, 2.05) is 0 Å². The first-order valence-corrected chi connectivity index (χ1v) is 12.0. The van der Waals surface area contributed by atoms with Gasteiger partial charge in [0.2, 0.25) is 0 Å². The van der Waals surface area contributed by atoms with Crippen molar-refractivity contribution in [1.82, 2.24) is 0 Å². The highest BCUT2D eigenvalue weighted by Crippen LogP contribution is 2.15. The van der Waals surface area contributed by atoms with Gasteiger partial charge in [-0.2, -0.15) is 0 Å². The van der Waals surface area contributed by atoms with Gasteiger partial charge >= 0.3 is 0 Å². The van der Waals surface area contributed by atoms with Crippen LogP contribution in [0.15, 0.2) is 0 Å². The van der Waals surface area contributed by atoms with Crippen molar-refractivity contribution in [2.75, 3.05) is 0 Å². The van der Waals surface area contributed by atoms with Crippen LogP contribution in [0.1, 0.15) is 149 Å². The van der Waals surface area contributed by atoms with Gasteiger partial charge < -0.3 is 5.11 Å². The lowest BCUT2D eigenvalue weighted by molar-refractivity contribution is 0.147. The highest BCUT2D eigenvalue weighted by atomic mass is 16.3. The number of aliphatic hydroxyl groups excluding tert-OH is 1. The van der Waals surface area contributed by atoms with Crippen LogP contribution in [0.5, 0.6) is 0 Å². The SMILES string of the molecule is CCCCCCCCCCCCCCCCCCC(O)CCCCC. The van der Waals surface area contributed by atoms with Gasteiger partial charge in [-0.05, 0) is 12.8 Å². The van der Waals surface area contributed by atoms with Crippen LogP contribution in [0.4, 0.5) is 0 Å². The zero-order valence-electron chi connectivity index (χ0n) is 17.9. The normalized spacial score (nSPS) is 12.6. The van der Waals surface area contributed by atoms with E-state index in [0.717, 1.165) is 12.8 Å². The second-order valence-corrected chi connectivity index (χ2v) is 8.24. The monoisotopic (exact) mass is 354 g/mol. The van der Waals surface area contributed by atoms with Crippen LogP contribution < -0.4 is 0 Å². The van der Waals surface area contributed by atoms with Crippen LogP contribution >= 0.6 is 0 Å². The van der Waals surface area contributed by atoms with E-state index in [2.05, 4.69) is 13.8 Å². The average molecular weight is 355 g/mol. The van der Waals surface area contributed by atoms with Crippen molar-refractivity contribution in [2.24, 2.45) is 0 Å². The summed E-state index contributed by atoms with van der Waals surface area (Å²) in [4.78, 5) is 0. The lowest BCUT2D eigenvalue weighted by Gasteiger charge is -2.09. The molecule has 0 radical (unpaired) electrons. The summed E-state index contributed by atoms with van der Waals surface area (Å²) in [5, 5.41) is 9.89. The fraction of sp³-hybridized carbons (Fsp3) is 1.00. The maximum atomic E-state index is 9.89. The number of hydrogen-bond donors (Lipinski definition) is 1. The maximum Gasteiger partial charge on any atom is 0.0540 e. The molecule has 25 heavy (non-hydrogen) atoms. The molecule has 0 aromatic rings. The minimum absolute atomic E-state index is 0.0294. The molecule has 1 atom stereocenters. The summed E-state index contributed by atoms with van der Waals surface area (Å²) in [6.07, 6.45) is 28.4. The fourth-order valence-corrected chi connectivity index (χ4v) is 3.70. The van der Waals surface area contributed by atoms with E-state index in [1.165, 1.54) is 122 Å². The molecule has 1 nitrogen and oxygen atoms in total. The van der Waals surface area contributed by atoms with Crippen LogP contribution in [0, 0.1) is 0 Å². The molecule has 0 aromatic heterocycles. The summed E-state index contributed by atoms with van der Waals surface area (Å²) in [6.45, 7) is 4.52. The van der Waals surface area contributed by atoms with Crippen LogP contribution in [-0.4, -0.2) is 11.2 Å². The summed E-state index contributed by atoms with van der Waals surface area (Å²) in [7, 11) is 0. The zero-order valence-corrected chi connectivity index (χ0v) is 17.9. The van der Waals surface area contributed by atoms with E-state index in [0.29, 0.717) is 0 Å². The Labute approximate surface area is 160 Å². The van der Waals surface area contributed by atoms with Gasteiger partial charge in [-0.3, -0.25) is 0 Å². The Morgan fingerprint density at radius 1 is 0.400 bits per heavy atom. The quantitative estimate of drug-likeness (QED) is 0.205. The molecule has 0 heterocycles. The van der Waals surface area contributed by atoms with E-state index in [-0.39, 0.29) is 6.10 Å². The lowest BCUT2D eigenvalue weighted by Crippen LogP contribution is -2.05. The molecule has 1 unspecified atom stereocenters. The predicted octanol–water partition coefficient (Wildman–Crippen LogP) is 8.58. The van der Waals surface area contributed by atoms with Crippen LogP contribution in [0.3, 0.4) is 0 Å². The third-order valence-electron chi connectivity index (χ3n) is 5.53. The van der Waals surface area contributed by atoms with E-state index < -0.39 is 0 Å². The first kappa shape index (κ1) is 25.0. The molecule has 152 valence electrons. The van der Waals surface area contributed by atoms with Crippen molar-refractivity contribution in [2.45, 2.75) is 155 Å². The van der Waals surface area contributed by atoms with Gasteiger partial charge in [0.15, 0.2) is 0 Å². The van der Waals surface area contributed by atoms with Gasteiger partial charge in [0.25, 0.3) is 0 Å². The smallest absolute Gasteiger partial charge is 0.0540 e. The molecule has 0 spiro atoms. The standard InChI is InChI=1S/C24H50O/c1-3-5-7-8-9-10-11-12-13-14-15-16-17-18-19-21-23-24(25)22-20-6-4-2/h24-25H,3-23H2,1-2H3. The van der Waals surface area contributed by atoms with Gasteiger partial charge in [-0.1, -0.05) is 136 Å². The molecule has 0 aromatic carbocycles. The molecular formula is C24H50O. The summed E-state index contributed by atoms with van der Waals surface area (Å²) < 4.78 is 0. The van der Waals surface area contributed by atoms with Crippen LogP contribution in [0.2, 0.25) is 0 Å². The van der Waals surface area contributed by atoms with Gasteiger partial charge in [0, 0.05) is 0 Å². The van der Waals surface area contributed by atoms with E-state index in [4.69, 9.17) is 0 Å². The molecular weight excluding hydrogens is 304 g/mol. The Morgan fingerprint density at radius 3 is 1.00 bits per heavy atom. The number of hydrogen-bond acceptors (Lipinski definition) is 1. The van der Waals surface area contributed by atoms with Crippen molar-refractivity contribution >= 4 is 0 Å². The van der Waals surface area contributed by atoms with Gasteiger partial charge in [0.05, 0.1) is 6.10 Å². The summed E-state index contributed by atoms with van der Waals surface area (Å²) in [5.74, 6) is 0. The van der Waals surface area contributed by atoms with Crippen molar-refractivity contribution < 1.29 is 5.11 Å². The van der Waals surface area contributed by atoms with Gasteiger partial charge in [-0.25, -0.2) is 0 Å². The molecule has 0 bridgehead atoms. The number of rotatable bonds is 21. The highest BCUT2D eigenvalue weighted by Gasteiger charge is 2.03. The molecule has 0 fully saturated rings. The first-order chi connectivity index (χ1) is 12.3. The van der Waals surface area contributed by atoms with E-state index in [9.17, 15) is 5.11 Å². The lowest BCUT2D eigenvalue weighted by atomic mass is 10.0. The largest absolute Gasteiger partial charge is 0.393 e. The van der Waals surface area contributed by atoms with Crippen molar-refractivity contribution in [3.63, 3.8) is 0 Å². The third-order valence-corrected chi connectivity index (χ3v) is 5.53. The minimum atomic E-state index is -0.0294. The van der Waals surface area contributed by atoms with Crippen LogP contribution in [0.25, 0.3) is 0 Å². The highest BCUT2D eigenvalue weighted by molar-refractivity contribution is 4.57. The Balaban J connectivity index is 3.05. The molecule has 0 aliphatic heterocycles. The molecule has 0 aliphatic rings. The molecule has 0 amide bonds. The second kappa shape index (κ2) is 22.0. The maximum absolute atomic E-state index is 9.89. The number of aliphatic hydroxyl groups is 1. The Hall–Kier alpha value is -0.0400. The fourth-order valence-electron chi connectivity index (χ4n) is 3.70. The summed E-state index contributed by atoms with van der Waals surface area (Å²) in [5.41, 5.74) is 0. The van der Waals surface area contributed by atoms with E-state index >= 15 is 0 Å². The van der Waals surface area contributed by atoms with Gasteiger partial charge in [-0.15, -0.1) is 0 Å². The average Bonchev–Trinajstić information content (AvgIpc) is 2.61. The summed E-state index contributed by atoms with van der Waals surface area (Å²) in [6, 6.07) is 0. The van der Waals surface area contributed by atoms with Crippen LogP contribution in [-0.2, 0) is 0 Å². The zero-order chi connectivity index (χ0) is 18.4. The molecule has 1 N–H and O–H groups in total. The Kier molecular flexibility index (Phi) is 22.0. The summed E-state index contributed by atoms with van der Waals surface area (Å²) >= 11 is 0.